The highest BCUT2D eigenvalue weighted by Crippen LogP contribution is 2.27. The normalized spacial score (nSPS) is 22.5. The van der Waals surface area contributed by atoms with E-state index in [9.17, 15) is 10.1 Å². The highest BCUT2D eigenvalue weighted by Gasteiger charge is 2.25. The van der Waals surface area contributed by atoms with E-state index in [4.69, 9.17) is 4.99 Å². The quantitative estimate of drug-likeness (QED) is 0.355. The summed E-state index contributed by atoms with van der Waals surface area (Å²) in [6.07, 6.45) is 1.26. The highest BCUT2D eigenvalue weighted by molar-refractivity contribution is 5.87. The van der Waals surface area contributed by atoms with Crippen molar-refractivity contribution in [2.45, 2.75) is 41.0 Å². The first kappa shape index (κ1) is 17.4. The van der Waals surface area contributed by atoms with Crippen LogP contribution in [-0.2, 0) is 0 Å². The van der Waals surface area contributed by atoms with E-state index in [2.05, 4.69) is 32.6 Å². The zero-order valence-corrected chi connectivity index (χ0v) is 14.7. The van der Waals surface area contributed by atoms with Gasteiger partial charge in [-0.05, 0) is 36.8 Å². The number of nitro groups is 1. The van der Waals surface area contributed by atoms with Gasteiger partial charge in [0.2, 0.25) is 0 Å². The molecule has 0 radical (unpaired) electrons. The number of aliphatic imine (C=N–C) groups is 1. The van der Waals surface area contributed by atoms with Crippen LogP contribution < -0.4 is 0 Å². The van der Waals surface area contributed by atoms with Crippen LogP contribution in [0, 0.1) is 34.8 Å². The number of rotatable bonds is 3. The maximum atomic E-state index is 10.9. The molecule has 2 rings (SSSR count). The number of nitrogens with zero attached hydrogens (tertiary/aromatic N) is 3. The second-order valence-corrected chi connectivity index (χ2v) is 7.20. The van der Waals surface area contributed by atoms with Gasteiger partial charge >= 0.3 is 0 Å². The van der Waals surface area contributed by atoms with Crippen molar-refractivity contribution in [1.82, 2.24) is 4.90 Å². The van der Waals surface area contributed by atoms with Gasteiger partial charge in [0.25, 0.3) is 5.69 Å². The molecule has 1 aromatic carbocycles. The Kier molecular flexibility index (Phi) is 5.39. The summed E-state index contributed by atoms with van der Waals surface area (Å²) in [4.78, 5) is 17.8. The highest BCUT2D eigenvalue weighted by atomic mass is 16.6. The van der Waals surface area contributed by atoms with E-state index in [-0.39, 0.29) is 10.6 Å². The standard InChI is InChI=1S/C18H27N3O2/c1-12(2)18(20-10-13(3)8-14(4)11-20)19-17-7-6-16(21(22)23)9-15(17)5/h6-7,9,12-14H,8,10-11H2,1-5H3. The average Bonchev–Trinajstić information content (AvgIpc) is 2.44. The van der Waals surface area contributed by atoms with Crippen LogP contribution in [0.3, 0.4) is 0 Å². The van der Waals surface area contributed by atoms with Crippen LogP contribution >= 0.6 is 0 Å². The summed E-state index contributed by atoms with van der Waals surface area (Å²) < 4.78 is 0. The van der Waals surface area contributed by atoms with Gasteiger partial charge in [-0.3, -0.25) is 10.1 Å². The number of hydrogen-bond donors (Lipinski definition) is 0. The van der Waals surface area contributed by atoms with E-state index < -0.39 is 0 Å². The minimum atomic E-state index is -0.363. The van der Waals surface area contributed by atoms with E-state index in [1.807, 2.05) is 6.92 Å². The summed E-state index contributed by atoms with van der Waals surface area (Å²) in [7, 11) is 0. The van der Waals surface area contributed by atoms with E-state index >= 15 is 0 Å². The molecule has 126 valence electrons. The monoisotopic (exact) mass is 317 g/mol. The Morgan fingerprint density at radius 3 is 2.39 bits per heavy atom. The second-order valence-electron chi connectivity index (χ2n) is 7.20. The molecule has 0 amide bonds. The Bertz CT molecular complexity index is 600. The van der Waals surface area contributed by atoms with Crippen molar-refractivity contribution in [1.29, 1.82) is 0 Å². The zero-order valence-electron chi connectivity index (χ0n) is 14.7. The molecule has 2 unspecified atom stereocenters. The van der Waals surface area contributed by atoms with Crippen LogP contribution in [0.2, 0.25) is 0 Å². The van der Waals surface area contributed by atoms with Crippen molar-refractivity contribution in [3.63, 3.8) is 0 Å². The molecule has 0 aliphatic carbocycles. The molecule has 23 heavy (non-hydrogen) atoms. The van der Waals surface area contributed by atoms with Gasteiger partial charge in [-0.25, -0.2) is 4.99 Å². The molecular weight excluding hydrogens is 290 g/mol. The first-order chi connectivity index (χ1) is 10.8. The molecule has 0 aromatic heterocycles. The van der Waals surface area contributed by atoms with Crippen molar-refractivity contribution >= 4 is 17.2 Å². The SMILES string of the molecule is Cc1cc([N+](=O)[O-])ccc1N=C(C(C)C)N1CC(C)CC(C)C1. The van der Waals surface area contributed by atoms with Gasteiger partial charge in [0, 0.05) is 31.1 Å². The first-order valence-electron chi connectivity index (χ1n) is 8.36. The Balaban J connectivity index is 2.34. The van der Waals surface area contributed by atoms with E-state index in [1.165, 1.54) is 12.5 Å². The number of likely N-dealkylation sites (tertiary alicyclic amines) is 1. The zero-order chi connectivity index (χ0) is 17.1. The lowest BCUT2D eigenvalue weighted by Crippen LogP contribution is -2.44. The van der Waals surface area contributed by atoms with Gasteiger partial charge in [0.05, 0.1) is 10.6 Å². The molecule has 1 fully saturated rings. The summed E-state index contributed by atoms with van der Waals surface area (Å²) in [6, 6.07) is 4.89. The lowest BCUT2D eigenvalue weighted by Gasteiger charge is -2.38. The molecule has 0 saturated carbocycles. The smallest absolute Gasteiger partial charge is 0.269 e. The van der Waals surface area contributed by atoms with Crippen molar-refractivity contribution in [2.75, 3.05) is 13.1 Å². The Labute approximate surface area is 138 Å². The van der Waals surface area contributed by atoms with Crippen molar-refractivity contribution in [3.8, 4) is 0 Å². The first-order valence-corrected chi connectivity index (χ1v) is 8.36. The molecule has 1 aliphatic heterocycles. The van der Waals surface area contributed by atoms with Gasteiger partial charge in [0.15, 0.2) is 0 Å². The minimum absolute atomic E-state index is 0.118. The topological polar surface area (TPSA) is 58.7 Å². The lowest BCUT2D eigenvalue weighted by molar-refractivity contribution is -0.384. The Morgan fingerprint density at radius 1 is 1.30 bits per heavy atom. The van der Waals surface area contributed by atoms with Gasteiger partial charge < -0.3 is 4.90 Å². The Hall–Kier alpha value is -1.91. The minimum Gasteiger partial charge on any atom is -0.359 e. The van der Waals surface area contributed by atoms with Crippen LogP contribution in [-0.4, -0.2) is 28.7 Å². The fourth-order valence-corrected chi connectivity index (χ4v) is 3.42. The maximum Gasteiger partial charge on any atom is 0.269 e. The van der Waals surface area contributed by atoms with E-state index in [1.54, 1.807) is 12.1 Å². The Morgan fingerprint density at radius 2 is 1.91 bits per heavy atom. The second kappa shape index (κ2) is 7.11. The van der Waals surface area contributed by atoms with E-state index in [0.29, 0.717) is 17.8 Å². The average molecular weight is 317 g/mol. The lowest BCUT2D eigenvalue weighted by atomic mass is 9.91. The maximum absolute atomic E-state index is 10.9. The largest absolute Gasteiger partial charge is 0.359 e. The summed E-state index contributed by atoms with van der Waals surface area (Å²) in [6.45, 7) is 12.8. The third-order valence-electron chi connectivity index (χ3n) is 4.34. The predicted octanol–water partition coefficient (Wildman–Crippen LogP) is 4.57. The van der Waals surface area contributed by atoms with E-state index in [0.717, 1.165) is 30.2 Å². The summed E-state index contributed by atoms with van der Waals surface area (Å²) in [5.41, 5.74) is 1.79. The molecule has 1 aromatic rings. The van der Waals surface area contributed by atoms with Gasteiger partial charge in [-0.2, -0.15) is 0 Å². The number of piperidine rings is 1. The molecule has 5 nitrogen and oxygen atoms in total. The van der Waals surface area contributed by atoms with Crippen LogP contribution in [0.5, 0.6) is 0 Å². The molecule has 0 N–H and O–H groups in total. The number of nitro benzene ring substituents is 1. The molecule has 0 bridgehead atoms. The van der Waals surface area contributed by atoms with Crippen molar-refractivity contribution < 1.29 is 4.92 Å². The van der Waals surface area contributed by atoms with Crippen molar-refractivity contribution in [3.05, 3.63) is 33.9 Å². The summed E-state index contributed by atoms with van der Waals surface area (Å²) >= 11 is 0. The van der Waals surface area contributed by atoms with Gasteiger partial charge in [-0.1, -0.05) is 27.7 Å². The molecule has 0 spiro atoms. The number of aryl methyl sites for hydroxylation is 1. The number of non-ortho nitro benzene ring substituents is 1. The summed E-state index contributed by atoms with van der Waals surface area (Å²) in [5.74, 6) is 2.74. The molecular formula is C18H27N3O2. The van der Waals surface area contributed by atoms with Crippen LogP contribution in [0.4, 0.5) is 11.4 Å². The predicted molar refractivity (Wildman–Crippen MR) is 94.3 cm³/mol. The molecule has 1 heterocycles. The van der Waals surface area contributed by atoms with Crippen LogP contribution in [0.15, 0.2) is 23.2 Å². The van der Waals surface area contributed by atoms with Crippen molar-refractivity contribution in [2.24, 2.45) is 22.7 Å². The number of benzene rings is 1. The fourth-order valence-electron chi connectivity index (χ4n) is 3.42. The van der Waals surface area contributed by atoms with Crippen LogP contribution in [0.1, 0.15) is 39.7 Å². The number of amidine groups is 1. The molecule has 1 aliphatic rings. The molecule has 1 saturated heterocycles. The third kappa shape index (κ3) is 4.30. The molecule has 2 atom stereocenters. The van der Waals surface area contributed by atoms with Crippen LogP contribution in [0.25, 0.3) is 0 Å². The number of hydrogen-bond acceptors (Lipinski definition) is 3. The third-order valence-corrected chi connectivity index (χ3v) is 4.34. The summed E-state index contributed by atoms with van der Waals surface area (Å²) in [5, 5.41) is 10.9. The fraction of sp³-hybridized carbons (Fsp3) is 0.611. The van der Waals surface area contributed by atoms with Gasteiger partial charge in [-0.15, -0.1) is 0 Å². The van der Waals surface area contributed by atoms with Gasteiger partial charge in [0.1, 0.15) is 5.84 Å². The molecule has 5 heteroatoms.